The van der Waals surface area contributed by atoms with Crippen molar-refractivity contribution in [3.8, 4) is 5.75 Å². The summed E-state index contributed by atoms with van der Waals surface area (Å²) in [5.74, 6) is 0.477. The second-order valence-electron chi connectivity index (χ2n) is 5.07. The molecule has 1 fully saturated rings. The van der Waals surface area contributed by atoms with Crippen molar-refractivity contribution in [3.63, 3.8) is 0 Å². The van der Waals surface area contributed by atoms with Crippen LogP contribution < -0.4 is 15.4 Å². The first kappa shape index (κ1) is 13.4. The number of hydrogen-bond donors (Lipinski definition) is 2. The first-order chi connectivity index (χ1) is 9.63. The van der Waals surface area contributed by atoms with Gasteiger partial charge in [0.05, 0.1) is 12.5 Å². The largest absolute Gasteiger partial charge is 0.493 e. The molecule has 20 heavy (non-hydrogen) atoms. The molecule has 0 saturated carbocycles. The quantitative estimate of drug-likeness (QED) is 0.868. The molecule has 0 spiro atoms. The van der Waals surface area contributed by atoms with E-state index in [0.29, 0.717) is 19.7 Å². The van der Waals surface area contributed by atoms with Gasteiger partial charge in [-0.05, 0) is 17.7 Å². The van der Waals surface area contributed by atoms with Crippen LogP contribution in [0.1, 0.15) is 17.5 Å². The fourth-order valence-corrected chi connectivity index (χ4v) is 3.15. The van der Waals surface area contributed by atoms with Crippen molar-refractivity contribution in [3.05, 3.63) is 27.7 Å². The zero-order valence-corrected chi connectivity index (χ0v) is 12.5. The van der Waals surface area contributed by atoms with E-state index in [9.17, 15) is 9.59 Å². The maximum Gasteiger partial charge on any atom is 0.225 e. The minimum absolute atomic E-state index is 0.0585. The molecular weight excluding hydrogens is 324 g/mol. The predicted octanol–water partition coefficient (Wildman–Crippen LogP) is 1.14. The lowest BCUT2D eigenvalue weighted by atomic mass is 10.1. The van der Waals surface area contributed by atoms with Gasteiger partial charge in [-0.15, -0.1) is 0 Å². The van der Waals surface area contributed by atoms with E-state index in [0.717, 1.165) is 22.2 Å². The number of fused-ring (bicyclic) bond motifs is 1. The van der Waals surface area contributed by atoms with Gasteiger partial charge in [0.2, 0.25) is 11.8 Å². The molecule has 1 atom stereocenters. The van der Waals surface area contributed by atoms with E-state index < -0.39 is 0 Å². The predicted molar refractivity (Wildman–Crippen MR) is 76.3 cm³/mol. The number of halogens is 1. The molecule has 0 aromatic heterocycles. The minimum atomic E-state index is -0.261. The number of rotatable bonds is 3. The molecule has 5 nitrogen and oxygen atoms in total. The van der Waals surface area contributed by atoms with Crippen molar-refractivity contribution in [2.75, 3.05) is 13.2 Å². The number of ether oxygens (including phenoxy) is 1. The van der Waals surface area contributed by atoms with Gasteiger partial charge in [0.15, 0.2) is 0 Å². The van der Waals surface area contributed by atoms with Crippen LogP contribution in [0.15, 0.2) is 16.6 Å². The Bertz CT molecular complexity index is 574. The van der Waals surface area contributed by atoms with E-state index in [1.807, 2.05) is 12.1 Å². The third-order valence-corrected chi connectivity index (χ3v) is 4.08. The van der Waals surface area contributed by atoms with Gasteiger partial charge in [0.1, 0.15) is 5.75 Å². The molecule has 0 radical (unpaired) electrons. The molecule has 2 N–H and O–H groups in total. The number of carbonyl (C=O) groups is 2. The number of benzene rings is 1. The summed E-state index contributed by atoms with van der Waals surface area (Å²) in [5.41, 5.74) is 2.14. The van der Waals surface area contributed by atoms with Crippen LogP contribution in [-0.2, 0) is 22.6 Å². The summed E-state index contributed by atoms with van der Waals surface area (Å²) in [6.07, 6.45) is 1.18. The van der Waals surface area contributed by atoms with Crippen LogP contribution in [0.25, 0.3) is 0 Å². The van der Waals surface area contributed by atoms with Crippen LogP contribution in [0.2, 0.25) is 0 Å². The number of carbonyl (C=O) groups excluding carboxylic acids is 2. The minimum Gasteiger partial charge on any atom is -0.493 e. The second kappa shape index (κ2) is 5.44. The normalized spacial score (nSPS) is 20.2. The van der Waals surface area contributed by atoms with Crippen molar-refractivity contribution in [2.45, 2.75) is 19.4 Å². The SMILES string of the molecule is O=C1CC(C(=O)NCc2cc(Br)cc3c2OCC3)CN1. The molecule has 3 rings (SSSR count). The summed E-state index contributed by atoms with van der Waals surface area (Å²) in [4.78, 5) is 23.1. The molecule has 2 heterocycles. The summed E-state index contributed by atoms with van der Waals surface area (Å²) < 4.78 is 6.61. The first-order valence-corrected chi connectivity index (χ1v) is 7.41. The van der Waals surface area contributed by atoms with Crippen LogP contribution in [0, 0.1) is 5.92 Å². The summed E-state index contributed by atoms with van der Waals surface area (Å²) in [6.45, 7) is 1.54. The van der Waals surface area contributed by atoms with E-state index >= 15 is 0 Å². The lowest BCUT2D eigenvalue weighted by molar-refractivity contribution is -0.126. The van der Waals surface area contributed by atoms with Crippen molar-refractivity contribution in [1.29, 1.82) is 0 Å². The molecule has 2 amide bonds. The lowest BCUT2D eigenvalue weighted by Gasteiger charge is -2.12. The average Bonchev–Trinajstić information content (AvgIpc) is 3.03. The summed E-state index contributed by atoms with van der Waals surface area (Å²) in [6, 6.07) is 4.01. The number of hydrogen-bond acceptors (Lipinski definition) is 3. The maximum absolute atomic E-state index is 12.0. The van der Waals surface area contributed by atoms with Crippen molar-refractivity contribution in [1.82, 2.24) is 10.6 Å². The van der Waals surface area contributed by atoms with Gasteiger partial charge in [-0.25, -0.2) is 0 Å². The molecule has 2 aliphatic heterocycles. The summed E-state index contributed by atoms with van der Waals surface area (Å²) >= 11 is 3.47. The Morgan fingerprint density at radius 2 is 2.35 bits per heavy atom. The van der Waals surface area contributed by atoms with Crippen LogP contribution >= 0.6 is 15.9 Å². The first-order valence-electron chi connectivity index (χ1n) is 6.62. The average molecular weight is 339 g/mol. The van der Waals surface area contributed by atoms with Crippen LogP contribution in [0.3, 0.4) is 0 Å². The maximum atomic E-state index is 12.0. The zero-order valence-electron chi connectivity index (χ0n) is 10.9. The van der Waals surface area contributed by atoms with Crippen molar-refractivity contribution >= 4 is 27.7 Å². The summed E-state index contributed by atoms with van der Waals surface area (Å²) in [7, 11) is 0. The molecule has 0 bridgehead atoms. The second-order valence-corrected chi connectivity index (χ2v) is 5.99. The Kier molecular flexibility index (Phi) is 3.65. The number of amides is 2. The Morgan fingerprint density at radius 3 is 3.10 bits per heavy atom. The van der Waals surface area contributed by atoms with Gasteiger partial charge in [-0.3, -0.25) is 9.59 Å². The molecular formula is C14H15BrN2O3. The third-order valence-electron chi connectivity index (χ3n) is 3.63. The highest BCUT2D eigenvalue weighted by molar-refractivity contribution is 9.10. The Balaban J connectivity index is 1.67. The van der Waals surface area contributed by atoms with E-state index in [1.165, 1.54) is 5.56 Å². The molecule has 0 aliphatic carbocycles. The Morgan fingerprint density at radius 1 is 1.50 bits per heavy atom. The zero-order chi connectivity index (χ0) is 14.1. The van der Waals surface area contributed by atoms with Crippen molar-refractivity contribution < 1.29 is 14.3 Å². The molecule has 1 saturated heterocycles. The third kappa shape index (κ3) is 2.65. The number of nitrogens with one attached hydrogen (secondary N) is 2. The van der Waals surface area contributed by atoms with Crippen molar-refractivity contribution in [2.24, 2.45) is 5.92 Å². The fraction of sp³-hybridized carbons (Fsp3) is 0.429. The van der Waals surface area contributed by atoms with E-state index in [4.69, 9.17) is 4.74 Å². The highest BCUT2D eigenvalue weighted by Gasteiger charge is 2.28. The van der Waals surface area contributed by atoms with E-state index in [1.54, 1.807) is 0 Å². The highest BCUT2D eigenvalue weighted by atomic mass is 79.9. The van der Waals surface area contributed by atoms with E-state index in [2.05, 4.69) is 26.6 Å². The molecule has 1 aromatic carbocycles. The lowest BCUT2D eigenvalue weighted by Crippen LogP contribution is -2.31. The van der Waals surface area contributed by atoms with Gasteiger partial charge < -0.3 is 15.4 Å². The monoisotopic (exact) mass is 338 g/mol. The topological polar surface area (TPSA) is 67.4 Å². The molecule has 6 heteroatoms. The summed E-state index contributed by atoms with van der Waals surface area (Å²) in [5, 5.41) is 5.55. The molecule has 1 unspecified atom stereocenters. The van der Waals surface area contributed by atoms with Gasteiger partial charge in [-0.1, -0.05) is 15.9 Å². The standard InChI is InChI=1S/C14H15BrN2O3/c15-11-3-8-1-2-20-13(8)9(4-11)6-17-14(19)10-5-12(18)16-7-10/h3-4,10H,1-2,5-7H2,(H,16,18)(H,17,19). The molecule has 1 aromatic rings. The van der Waals surface area contributed by atoms with Crippen LogP contribution in [-0.4, -0.2) is 25.0 Å². The fourth-order valence-electron chi connectivity index (χ4n) is 2.59. The van der Waals surface area contributed by atoms with Gasteiger partial charge in [-0.2, -0.15) is 0 Å². The van der Waals surface area contributed by atoms with Gasteiger partial charge in [0, 0.05) is 36.0 Å². The van der Waals surface area contributed by atoms with Crippen LogP contribution in [0.5, 0.6) is 5.75 Å². The molecule has 106 valence electrons. The van der Waals surface area contributed by atoms with Crippen LogP contribution in [0.4, 0.5) is 0 Å². The highest BCUT2D eigenvalue weighted by Crippen LogP contribution is 2.32. The molecule has 2 aliphatic rings. The Labute approximate surface area is 125 Å². The smallest absolute Gasteiger partial charge is 0.225 e. The Hall–Kier alpha value is -1.56. The van der Waals surface area contributed by atoms with Gasteiger partial charge >= 0.3 is 0 Å². The van der Waals surface area contributed by atoms with Gasteiger partial charge in [0.25, 0.3) is 0 Å². The van der Waals surface area contributed by atoms with E-state index in [-0.39, 0.29) is 24.2 Å².